The van der Waals surface area contributed by atoms with Crippen molar-refractivity contribution in [3.8, 4) is 0 Å². The Balaban J connectivity index is 3.11. The lowest BCUT2D eigenvalue weighted by Gasteiger charge is -2.30. The first kappa shape index (κ1) is 15.3. The van der Waals surface area contributed by atoms with Gasteiger partial charge in [0.2, 0.25) is 0 Å². The molecule has 0 aliphatic carbocycles. The SMILES string of the molecule is Cc1cc(N(CC(F)(F)F)C(C)C)ccc1C(=O)O. The Labute approximate surface area is 109 Å². The zero-order chi connectivity index (χ0) is 14.8. The fourth-order valence-corrected chi connectivity index (χ4v) is 1.83. The fraction of sp³-hybridized carbons (Fsp3) is 0.462. The minimum absolute atomic E-state index is 0.0967. The number of rotatable bonds is 4. The van der Waals surface area contributed by atoms with Crippen molar-refractivity contribution in [2.75, 3.05) is 11.4 Å². The molecule has 0 aromatic heterocycles. The third-order valence-corrected chi connectivity index (χ3v) is 2.75. The van der Waals surface area contributed by atoms with Crippen LogP contribution in [0.3, 0.4) is 0 Å². The van der Waals surface area contributed by atoms with Crippen molar-refractivity contribution >= 4 is 11.7 Å². The van der Waals surface area contributed by atoms with Gasteiger partial charge in [-0.25, -0.2) is 4.79 Å². The first-order valence-corrected chi connectivity index (χ1v) is 5.79. The van der Waals surface area contributed by atoms with Crippen molar-refractivity contribution in [2.45, 2.75) is 33.0 Å². The topological polar surface area (TPSA) is 40.5 Å². The van der Waals surface area contributed by atoms with Gasteiger partial charge in [-0.1, -0.05) is 0 Å². The summed E-state index contributed by atoms with van der Waals surface area (Å²) in [5.74, 6) is -1.09. The fourth-order valence-electron chi connectivity index (χ4n) is 1.83. The van der Waals surface area contributed by atoms with E-state index in [1.165, 1.54) is 23.1 Å². The number of benzene rings is 1. The first-order valence-electron chi connectivity index (χ1n) is 5.79. The van der Waals surface area contributed by atoms with Gasteiger partial charge in [-0.15, -0.1) is 0 Å². The number of carboxylic acid groups (broad SMARTS) is 1. The number of hydrogen-bond acceptors (Lipinski definition) is 2. The molecule has 0 heterocycles. The monoisotopic (exact) mass is 275 g/mol. The van der Waals surface area contributed by atoms with E-state index in [4.69, 9.17) is 5.11 Å². The van der Waals surface area contributed by atoms with Crippen molar-refractivity contribution < 1.29 is 23.1 Å². The molecule has 0 unspecified atom stereocenters. The van der Waals surface area contributed by atoms with Crippen LogP contribution in [0, 0.1) is 6.92 Å². The number of halogens is 3. The lowest BCUT2D eigenvalue weighted by molar-refractivity contribution is -0.120. The first-order chi connectivity index (χ1) is 8.61. The predicted molar refractivity (Wildman–Crippen MR) is 66.7 cm³/mol. The zero-order valence-corrected chi connectivity index (χ0v) is 11.0. The average Bonchev–Trinajstić information content (AvgIpc) is 2.23. The normalized spacial score (nSPS) is 11.7. The van der Waals surface area contributed by atoms with Gasteiger partial charge in [-0.2, -0.15) is 13.2 Å². The molecule has 0 amide bonds. The Morgan fingerprint density at radius 1 is 1.37 bits per heavy atom. The maximum atomic E-state index is 12.5. The van der Waals surface area contributed by atoms with Gasteiger partial charge < -0.3 is 10.0 Å². The molecule has 0 bridgehead atoms. The number of aryl methyl sites for hydroxylation is 1. The molecule has 0 aliphatic heterocycles. The van der Waals surface area contributed by atoms with Crippen LogP contribution in [-0.4, -0.2) is 29.8 Å². The van der Waals surface area contributed by atoms with Crippen molar-refractivity contribution in [1.29, 1.82) is 0 Å². The minimum atomic E-state index is -4.30. The highest BCUT2D eigenvalue weighted by molar-refractivity contribution is 5.89. The summed E-state index contributed by atoms with van der Waals surface area (Å²) in [6.45, 7) is 3.83. The minimum Gasteiger partial charge on any atom is -0.478 e. The van der Waals surface area contributed by atoms with Gasteiger partial charge in [0.15, 0.2) is 0 Å². The van der Waals surface area contributed by atoms with Crippen LogP contribution in [-0.2, 0) is 0 Å². The van der Waals surface area contributed by atoms with E-state index in [9.17, 15) is 18.0 Å². The molecule has 0 fully saturated rings. The molecule has 0 spiro atoms. The van der Waals surface area contributed by atoms with E-state index >= 15 is 0 Å². The summed E-state index contributed by atoms with van der Waals surface area (Å²) in [5, 5.41) is 8.90. The smallest absolute Gasteiger partial charge is 0.405 e. The third-order valence-electron chi connectivity index (χ3n) is 2.75. The van der Waals surface area contributed by atoms with E-state index < -0.39 is 18.7 Å². The van der Waals surface area contributed by atoms with E-state index in [0.717, 1.165) is 0 Å². The maximum absolute atomic E-state index is 12.5. The van der Waals surface area contributed by atoms with Crippen LogP contribution in [0.4, 0.5) is 18.9 Å². The number of nitrogens with zero attached hydrogens (tertiary/aromatic N) is 1. The van der Waals surface area contributed by atoms with Crippen LogP contribution < -0.4 is 4.90 Å². The highest BCUT2D eigenvalue weighted by Crippen LogP contribution is 2.26. The molecule has 1 aromatic carbocycles. The quantitative estimate of drug-likeness (QED) is 0.914. The van der Waals surface area contributed by atoms with Crippen LogP contribution >= 0.6 is 0 Å². The summed E-state index contributed by atoms with van der Waals surface area (Å²) >= 11 is 0. The van der Waals surface area contributed by atoms with Gasteiger partial charge in [0.1, 0.15) is 6.54 Å². The van der Waals surface area contributed by atoms with Crippen molar-refractivity contribution in [1.82, 2.24) is 0 Å². The molecule has 0 aliphatic rings. The molecule has 1 rings (SSSR count). The number of anilines is 1. The number of aromatic carboxylic acids is 1. The van der Waals surface area contributed by atoms with Crippen molar-refractivity contribution in [2.24, 2.45) is 0 Å². The second-order valence-corrected chi connectivity index (χ2v) is 4.64. The van der Waals surface area contributed by atoms with Gasteiger partial charge in [-0.3, -0.25) is 0 Å². The second kappa shape index (κ2) is 5.50. The summed E-state index contributed by atoms with van der Waals surface area (Å²) < 4.78 is 37.6. The zero-order valence-electron chi connectivity index (χ0n) is 11.0. The lowest BCUT2D eigenvalue weighted by Crippen LogP contribution is -2.39. The molecule has 1 aromatic rings. The van der Waals surface area contributed by atoms with E-state index in [2.05, 4.69) is 0 Å². The highest BCUT2D eigenvalue weighted by atomic mass is 19.4. The lowest BCUT2D eigenvalue weighted by atomic mass is 10.1. The largest absolute Gasteiger partial charge is 0.478 e. The van der Waals surface area contributed by atoms with Gasteiger partial charge in [-0.05, 0) is 44.5 Å². The van der Waals surface area contributed by atoms with Crippen LogP contribution in [0.1, 0.15) is 29.8 Å². The number of carbonyl (C=O) groups is 1. The molecule has 1 N–H and O–H groups in total. The molecule has 19 heavy (non-hydrogen) atoms. The number of hydrogen-bond donors (Lipinski definition) is 1. The standard InChI is InChI=1S/C13H16F3NO2/c1-8(2)17(7-13(14,15)16)10-4-5-11(12(18)19)9(3)6-10/h4-6,8H,7H2,1-3H3,(H,18,19). The summed E-state index contributed by atoms with van der Waals surface area (Å²) in [4.78, 5) is 12.1. The van der Waals surface area contributed by atoms with Crippen molar-refractivity contribution in [3.05, 3.63) is 29.3 Å². The summed E-state index contributed by atoms with van der Waals surface area (Å²) in [6, 6.07) is 3.87. The van der Waals surface area contributed by atoms with E-state index in [1.807, 2.05) is 0 Å². The number of alkyl halides is 3. The Morgan fingerprint density at radius 2 is 1.95 bits per heavy atom. The third kappa shape index (κ3) is 4.15. The van der Waals surface area contributed by atoms with Gasteiger partial charge in [0.05, 0.1) is 5.56 Å². The molecule has 6 heteroatoms. The summed E-state index contributed by atoms with van der Waals surface area (Å²) in [7, 11) is 0. The number of carboxylic acids is 1. The van der Waals surface area contributed by atoms with Gasteiger partial charge >= 0.3 is 12.1 Å². The van der Waals surface area contributed by atoms with Crippen molar-refractivity contribution in [3.63, 3.8) is 0 Å². The molecule has 0 radical (unpaired) electrons. The maximum Gasteiger partial charge on any atom is 0.405 e. The molecule has 3 nitrogen and oxygen atoms in total. The van der Waals surface area contributed by atoms with E-state index in [-0.39, 0.29) is 11.6 Å². The molecular weight excluding hydrogens is 259 g/mol. The Bertz CT molecular complexity index is 469. The Morgan fingerprint density at radius 3 is 2.32 bits per heavy atom. The average molecular weight is 275 g/mol. The highest BCUT2D eigenvalue weighted by Gasteiger charge is 2.32. The second-order valence-electron chi connectivity index (χ2n) is 4.64. The molecule has 106 valence electrons. The molecular formula is C13H16F3NO2. The van der Waals surface area contributed by atoms with Gasteiger partial charge in [0.25, 0.3) is 0 Å². The van der Waals surface area contributed by atoms with Crippen LogP contribution in [0.5, 0.6) is 0 Å². The molecule has 0 saturated carbocycles. The van der Waals surface area contributed by atoms with E-state index in [1.54, 1.807) is 20.8 Å². The molecule has 0 atom stereocenters. The summed E-state index contributed by atoms with van der Waals surface area (Å²) in [5.41, 5.74) is 0.909. The summed E-state index contributed by atoms with van der Waals surface area (Å²) in [6.07, 6.45) is -4.30. The van der Waals surface area contributed by atoms with Gasteiger partial charge in [0, 0.05) is 11.7 Å². The van der Waals surface area contributed by atoms with Crippen LogP contribution in [0.2, 0.25) is 0 Å². The predicted octanol–water partition coefficient (Wildman–Crippen LogP) is 3.47. The Hall–Kier alpha value is -1.72. The Kier molecular flexibility index (Phi) is 4.44. The van der Waals surface area contributed by atoms with Crippen LogP contribution in [0.15, 0.2) is 18.2 Å². The van der Waals surface area contributed by atoms with Crippen LogP contribution in [0.25, 0.3) is 0 Å². The van der Waals surface area contributed by atoms with E-state index in [0.29, 0.717) is 11.3 Å². The molecule has 0 saturated heterocycles.